The molecule has 0 atom stereocenters. The highest BCUT2D eigenvalue weighted by atomic mass is 32.3. The van der Waals surface area contributed by atoms with Crippen LogP contribution in [0.5, 0.6) is 5.75 Å². The largest absolute Gasteiger partial charge is 0.455 e. The minimum atomic E-state index is -5.91. The average Bonchev–Trinajstić information content (AvgIpc) is 2.26. The number of alkyl halides is 5. The molecule has 0 aliphatic rings. The second kappa shape index (κ2) is 5.29. The second-order valence-corrected chi connectivity index (χ2v) is 4.49. The fraction of sp³-hybridized carbons (Fsp3) is 0.333. The lowest BCUT2D eigenvalue weighted by atomic mass is 10.3. The monoisotopic (exact) mass is 306 g/mol. The summed E-state index contributed by atoms with van der Waals surface area (Å²) in [5, 5.41) is 0. The molecule has 1 aromatic rings. The van der Waals surface area contributed by atoms with Crippen LogP contribution < -0.4 is 4.18 Å². The molecule has 0 unspecified atom stereocenters. The Bertz CT molecular complexity index is 511. The number of para-hydroxylation sites is 1. The van der Waals surface area contributed by atoms with Gasteiger partial charge in [0.25, 0.3) is 0 Å². The van der Waals surface area contributed by atoms with E-state index in [2.05, 4.69) is 8.37 Å². The first-order valence-electron chi connectivity index (χ1n) is 4.62. The van der Waals surface area contributed by atoms with Crippen LogP contribution in [0.15, 0.2) is 30.3 Å². The van der Waals surface area contributed by atoms with Gasteiger partial charge < -0.3 is 4.18 Å². The summed E-state index contributed by atoms with van der Waals surface area (Å²) in [5.41, 5.74) is 0. The third kappa shape index (κ3) is 4.63. The Morgan fingerprint density at radius 1 is 1.00 bits per heavy atom. The van der Waals surface area contributed by atoms with Crippen molar-refractivity contribution in [2.75, 3.05) is 6.61 Å². The fourth-order valence-corrected chi connectivity index (χ4v) is 1.53. The molecule has 0 fully saturated rings. The molecule has 0 amide bonds. The van der Waals surface area contributed by atoms with Crippen molar-refractivity contribution in [3.8, 4) is 5.75 Å². The van der Waals surface area contributed by atoms with Crippen molar-refractivity contribution in [2.24, 2.45) is 0 Å². The van der Waals surface area contributed by atoms with Gasteiger partial charge in [0.1, 0.15) is 12.4 Å². The number of benzene rings is 1. The molecule has 0 saturated heterocycles. The molecule has 0 bridgehead atoms. The summed E-state index contributed by atoms with van der Waals surface area (Å²) in [5.74, 6) is -5.57. The Hall–Kier alpha value is -1.42. The quantitative estimate of drug-likeness (QED) is 0.784. The van der Waals surface area contributed by atoms with E-state index >= 15 is 0 Å². The maximum absolute atomic E-state index is 12.4. The summed E-state index contributed by atoms with van der Waals surface area (Å²) >= 11 is 0. The normalized spacial score (nSPS) is 13.3. The molecule has 1 aromatic carbocycles. The lowest BCUT2D eigenvalue weighted by Gasteiger charge is -2.18. The van der Waals surface area contributed by atoms with E-state index in [4.69, 9.17) is 0 Å². The molecule has 108 valence electrons. The van der Waals surface area contributed by atoms with Crippen LogP contribution in [0.1, 0.15) is 0 Å². The van der Waals surface area contributed by atoms with Crippen LogP contribution in [0.4, 0.5) is 22.0 Å². The lowest BCUT2D eigenvalue weighted by Crippen LogP contribution is -2.41. The molecule has 19 heavy (non-hydrogen) atoms. The van der Waals surface area contributed by atoms with E-state index in [0.717, 1.165) is 12.1 Å². The molecule has 10 heteroatoms. The Morgan fingerprint density at radius 3 is 2.00 bits per heavy atom. The van der Waals surface area contributed by atoms with E-state index in [9.17, 15) is 30.4 Å². The van der Waals surface area contributed by atoms with Gasteiger partial charge in [0, 0.05) is 0 Å². The van der Waals surface area contributed by atoms with Gasteiger partial charge in [-0.2, -0.15) is 30.4 Å². The molecule has 1 rings (SSSR count). The first kappa shape index (κ1) is 15.6. The molecule has 0 spiro atoms. The lowest BCUT2D eigenvalue weighted by molar-refractivity contribution is -0.289. The number of rotatable bonds is 5. The van der Waals surface area contributed by atoms with Crippen LogP contribution in [0.2, 0.25) is 0 Å². The molecule has 0 radical (unpaired) electrons. The van der Waals surface area contributed by atoms with E-state index < -0.39 is 29.1 Å². The Balaban J connectivity index is 2.67. The van der Waals surface area contributed by atoms with Crippen LogP contribution in [-0.2, 0) is 14.6 Å². The highest BCUT2D eigenvalue weighted by molar-refractivity contribution is 7.82. The third-order valence-corrected chi connectivity index (χ3v) is 2.54. The molecule has 0 aliphatic carbocycles. The van der Waals surface area contributed by atoms with Crippen LogP contribution >= 0.6 is 0 Å². The zero-order valence-electron chi connectivity index (χ0n) is 9.02. The van der Waals surface area contributed by atoms with Crippen molar-refractivity contribution < 1.29 is 38.7 Å². The number of halogens is 5. The standard InChI is InChI=1S/C9H7F5O4S/c10-8(11,9(12,13)14)6-17-19(15,16)18-7-4-2-1-3-5-7/h1-5H,6H2. The van der Waals surface area contributed by atoms with E-state index in [1.165, 1.54) is 18.2 Å². The molecular formula is C9H7F5O4S. The van der Waals surface area contributed by atoms with Crippen molar-refractivity contribution in [3.63, 3.8) is 0 Å². The minimum absolute atomic E-state index is 0.280. The number of hydrogen-bond acceptors (Lipinski definition) is 4. The van der Waals surface area contributed by atoms with Gasteiger partial charge in [-0.1, -0.05) is 18.2 Å². The first-order valence-corrected chi connectivity index (χ1v) is 5.95. The molecular weight excluding hydrogens is 299 g/mol. The predicted octanol–water partition coefficient (Wildman–Crippen LogP) is 2.52. The zero-order valence-corrected chi connectivity index (χ0v) is 9.84. The molecule has 4 nitrogen and oxygen atoms in total. The van der Waals surface area contributed by atoms with Gasteiger partial charge in [0.2, 0.25) is 0 Å². The van der Waals surface area contributed by atoms with Crippen molar-refractivity contribution in [1.29, 1.82) is 0 Å². The topological polar surface area (TPSA) is 52.6 Å². The predicted molar refractivity (Wildman–Crippen MR) is 52.9 cm³/mol. The molecule has 0 heterocycles. The van der Waals surface area contributed by atoms with E-state index in [0.29, 0.717) is 0 Å². The SMILES string of the molecule is O=S(=O)(OCC(F)(F)C(F)(F)F)Oc1ccccc1. The van der Waals surface area contributed by atoms with Gasteiger partial charge >= 0.3 is 22.5 Å². The fourth-order valence-electron chi connectivity index (χ4n) is 0.846. The van der Waals surface area contributed by atoms with Crippen LogP contribution in [0.3, 0.4) is 0 Å². The highest BCUT2D eigenvalue weighted by Crippen LogP contribution is 2.35. The van der Waals surface area contributed by atoms with Crippen molar-refractivity contribution in [2.45, 2.75) is 12.1 Å². The van der Waals surface area contributed by atoms with Crippen LogP contribution in [-0.4, -0.2) is 27.1 Å². The maximum Gasteiger partial charge on any atom is 0.455 e. The summed E-state index contributed by atoms with van der Waals surface area (Å²) in [6.07, 6.45) is -5.91. The van der Waals surface area contributed by atoms with Crippen LogP contribution in [0, 0.1) is 0 Å². The summed E-state index contributed by atoms with van der Waals surface area (Å²) in [6, 6.07) is 6.56. The smallest absolute Gasteiger partial charge is 0.362 e. The summed E-state index contributed by atoms with van der Waals surface area (Å²) in [4.78, 5) is 0. The second-order valence-electron chi connectivity index (χ2n) is 3.27. The summed E-state index contributed by atoms with van der Waals surface area (Å²) in [6.45, 7) is -2.38. The third-order valence-electron chi connectivity index (χ3n) is 1.74. The van der Waals surface area contributed by atoms with Crippen molar-refractivity contribution in [1.82, 2.24) is 0 Å². The van der Waals surface area contributed by atoms with Gasteiger partial charge in [0.15, 0.2) is 0 Å². The van der Waals surface area contributed by atoms with Gasteiger partial charge in [-0.25, -0.2) is 4.18 Å². The summed E-state index contributed by atoms with van der Waals surface area (Å²) < 4.78 is 89.9. The van der Waals surface area contributed by atoms with E-state index in [1.54, 1.807) is 0 Å². The first-order chi connectivity index (χ1) is 8.54. The Labute approximate surface area is 105 Å². The zero-order chi connectivity index (χ0) is 14.7. The van der Waals surface area contributed by atoms with Gasteiger partial charge in [-0.3, -0.25) is 0 Å². The Morgan fingerprint density at radius 2 is 1.53 bits per heavy atom. The van der Waals surface area contributed by atoms with Gasteiger partial charge in [-0.15, -0.1) is 0 Å². The Kier molecular flexibility index (Phi) is 4.35. The molecule has 0 aromatic heterocycles. The van der Waals surface area contributed by atoms with Crippen LogP contribution in [0.25, 0.3) is 0 Å². The van der Waals surface area contributed by atoms with Crippen molar-refractivity contribution >= 4 is 10.4 Å². The molecule has 0 N–H and O–H groups in total. The maximum atomic E-state index is 12.4. The highest BCUT2D eigenvalue weighted by Gasteiger charge is 2.58. The average molecular weight is 306 g/mol. The molecule has 0 saturated carbocycles. The minimum Gasteiger partial charge on any atom is -0.362 e. The van der Waals surface area contributed by atoms with E-state index in [-0.39, 0.29) is 5.75 Å². The summed E-state index contributed by atoms with van der Waals surface area (Å²) in [7, 11) is -5.01. The van der Waals surface area contributed by atoms with Crippen molar-refractivity contribution in [3.05, 3.63) is 30.3 Å². The van der Waals surface area contributed by atoms with Gasteiger partial charge in [0.05, 0.1) is 0 Å². The van der Waals surface area contributed by atoms with E-state index in [1.807, 2.05) is 0 Å². The van der Waals surface area contributed by atoms with Gasteiger partial charge in [-0.05, 0) is 12.1 Å². The molecule has 0 aliphatic heterocycles. The number of hydrogen-bond donors (Lipinski definition) is 0.